The first kappa shape index (κ1) is 19.3. The van der Waals surface area contributed by atoms with Gasteiger partial charge in [0, 0.05) is 32.7 Å². The summed E-state index contributed by atoms with van der Waals surface area (Å²) in [5.74, 6) is 0.0750. The number of carbonyl (C=O) groups is 1. The second-order valence-electron chi connectivity index (χ2n) is 7.01. The van der Waals surface area contributed by atoms with E-state index in [1.54, 1.807) is 6.08 Å². The van der Waals surface area contributed by atoms with E-state index in [9.17, 15) is 4.79 Å². The fourth-order valence-electron chi connectivity index (χ4n) is 3.75. The van der Waals surface area contributed by atoms with Crippen LogP contribution in [0.4, 0.5) is 0 Å². The maximum atomic E-state index is 12.2. The minimum atomic E-state index is -0.112. The monoisotopic (exact) mass is 363 g/mol. The van der Waals surface area contributed by atoms with Crippen molar-refractivity contribution in [2.75, 3.05) is 32.7 Å². The predicted molar refractivity (Wildman–Crippen MR) is 111 cm³/mol. The number of nitrogens with zero attached hydrogens (tertiary/aromatic N) is 2. The fourth-order valence-corrected chi connectivity index (χ4v) is 3.75. The third-order valence-electron chi connectivity index (χ3n) is 5.29. The summed E-state index contributed by atoms with van der Waals surface area (Å²) < 4.78 is 0. The van der Waals surface area contributed by atoms with E-state index in [1.807, 2.05) is 6.92 Å². The summed E-state index contributed by atoms with van der Waals surface area (Å²) in [4.78, 5) is 17.0. The van der Waals surface area contributed by atoms with Crippen LogP contribution in [0.1, 0.15) is 24.1 Å². The van der Waals surface area contributed by atoms with Gasteiger partial charge in [-0.25, -0.2) is 0 Å². The molecule has 0 aliphatic carbocycles. The summed E-state index contributed by atoms with van der Waals surface area (Å²) in [6, 6.07) is 21.5. The van der Waals surface area contributed by atoms with Crippen molar-refractivity contribution < 1.29 is 4.79 Å². The Hall–Kier alpha value is -2.43. The maximum absolute atomic E-state index is 12.2. The molecular weight excluding hydrogens is 334 g/mol. The van der Waals surface area contributed by atoms with Crippen molar-refractivity contribution in [3.63, 3.8) is 0 Å². The lowest BCUT2D eigenvalue weighted by atomic mass is 9.96. The van der Waals surface area contributed by atoms with Gasteiger partial charge in [0.15, 0.2) is 0 Å². The molecule has 2 aromatic rings. The lowest BCUT2D eigenvalue weighted by Gasteiger charge is -2.41. The van der Waals surface area contributed by atoms with Crippen molar-refractivity contribution in [2.24, 2.45) is 0 Å². The summed E-state index contributed by atoms with van der Waals surface area (Å²) in [6.07, 6.45) is 1.72. The molecule has 0 radical (unpaired) electrons. The molecule has 1 fully saturated rings. The standard InChI is InChI=1S/C23H29N3O/c1-3-14-24-23(27)19(2)25-15-17-26(18-16-25)22(20-10-6-4-7-11-20)21-12-8-5-9-13-21/h3-13,19,22H,1,14-18H2,2H3,(H,24,27)/t19-/m1/s1. The second-order valence-corrected chi connectivity index (χ2v) is 7.01. The Morgan fingerprint density at radius 2 is 1.44 bits per heavy atom. The summed E-state index contributed by atoms with van der Waals surface area (Å²) in [7, 11) is 0. The molecule has 0 spiro atoms. The number of hydrogen-bond donors (Lipinski definition) is 1. The second kappa shape index (κ2) is 9.49. The SMILES string of the molecule is C=CCNC(=O)[C@@H](C)N1CCN(C(c2ccccc2)c2ccccc2)CC1. The van der Waals surface area contributed by atoms with Crippen molar-refractivity contribution in [3.05, 3.63) is 84.4 Å². The van der Waals surface area contributed by atoms with Crippen molar-refractivity contribution in [2.45, 2.75) is 19.0 Å². The Bertz CT molecular complexity index is 684. The van der Waals surface area contributed by atoms with Gasteiger partial charge in [0.2, 0.25) is 5.91 Å². The van der Waals surface area contributed by atoms with E-state index in [0.29, 0.717) is 6.54 Å². The Morgan fingerprint density at radius 3 is 1.93 bits per heavy atom. The number of amides is 1. The molecule has 1 heterocycles. The number of hydrogen-bond acceptors (Lipinski definition) is 3. The van der Waals surface area contributed by atoms with Crippen molar-refractivity contribution in [3.8, 4) is 0 Å². The van der Waals surface area contributed by atoms with Gasteiger partial charge < -0.3 is 5.32 Å². The first-order valence-corrected chi connectivity index (χ1v) is 9.67. The van der Waals surface area contributed by atoms with E-state index in [0.717, 1.165) is 26.2 Å². The number of carbonyl (C=O) groups excluding carboxylic acids is 1. The average molecular weight is 364 g/mol. The zero-order chi connectivity index (χ0) is 19.1. The van der Waals surface area contributed by atoms with Gasteiger partial charge in [0.05, 0.1) is 12.1 Å². The van der Waals surface area contributed by atoms with E-state index in [-0.39, 0.29) is 18.0 Å². The normalized spacial score (nSPS) is 16.8. The van der Waals surface area contributed by atoms with Crippen LogP contribution in [0.25, 0.3) is 0 Å². The number of benzene rings is 2. The van der Waals surface area contributed by atoms with Crippen LogP contribution in [0.3, 0.4) is 0 Å². The van der Waals surface area contributed by atoms with E-state index >= 15 is 0 Å². The van der Waals surface area contributed by atoms with Crippen LogP contribution in [-0.4, -0.2) is 54.5 Å². The highest BCUT2D eigenvalue weighted by Gasteiger charge is 2.29. The van der Waals surface area contributed by atoms with Gasteiger partial charge in [0.1, 0.15) is 0 Å². The highest BCUT2D eigenvalue weighted by Crippen LogP contribution is 2.29. The van der Waals surface area contributed by atoms with Crippen LogP contribution in [0, 0.1) is 0 Å². The Balaban J connectivity index is 1.70. The molecule has 27 heavy (non-hydrogen) atoms. The topological polar surface area (TPSA) is 35.6 Å². The zero-order valence-electron chi connectivity index (χ0n) is 16.1. The molecule has 1 aliphatic heterocycles. The van der Waals surface area contributed by atoms with Crippen LogP contribution in [0.15, 0.2) is 73.3 Å². The molecule has 0 aromatic heterocycles. The lowest BCUT2D eigenvalue weighted by molar-refractivity contribution is -0.126. The molecule has 1 amide bonds. The molecule has 2 aromatic carbocycles. The molecule has 0 saturated carbocycles. The molecule has 3 rings (SSSR count). The minimum Gasteiger partial charge on any atom is -0.351 e. The molecule has 0 bridgehead atoms. The molecule has 1 saturated heterocycles. The van der Waals surface area contributed by atoms with Gasteiger partial charge in [-0.15, -0.1) is 6.58 Å². The molecule has 142 valence electrons. The summed E-state index contributed by atoms with van der Waals surface area (Å²) in [5.41, 5.74) is 2.63. The smallest absolute Gasteiger partial charge is 0.237 e. The summed E-state index contributed by atoms with van der Waals surface area (Å²) in [5, 5.41) is 2.90. The van der Waals surface area contributed by atoms with Crippen molar-refractivity contribution in [1.82, 2.24) is 15.1 Å². The number of nitrogens with one attached hydrogen (secondary N) is 1. The van der Waals surface area contributed by atoms with E-state index in [4.69, 9.17) is 0 Å². The Morgan fingerprint density at radius 1 is 0.963 bits per heavy atom. The molecule has 4 heteroatoms. The van der Waals surface area contributed by atoms with Gasteiger partial charge in [0.25, 0.3) is 0 Å². The Kier molecular flexibility index (Phi) is 6.80. The number of piperazine rings is 1. The van der Waals surface area contributed by atoms with Crippen molar-refractivity contribution in [1.29, 1.82) is 0 Å². The quantitative estimate of drug-likeness (QED) is 0.768. The lowest BCUT2D eigenvalue weighted by Crippen LogP contribution is -2.54. The zero-order valence-corrected chi connectivity index (χ0v) is 16.1. The first-order chi connectivity index (χ1) is 13.2. The highest BCUT2D eigenvalue weighted by molar-refractivity contribution is 5.81. The van der Waals surface area contributed by atoms with E-state index in [1.165, 1.54) is 11.1 Å². The van der Waals surface area contributed by atoms with Gasteiger partial charge >= 0.3 is 0 Å². The molecule has 4 nitrogen and oxygen atoms in total. The van der Waals surface area contributed by atoms with Crippen LogP contribution in [0.5, 0.6) is 0 Å². The maximum Gasteiger partial charge on any atom is 0.237 e. The van der Waals surface area contributed by atoms with Gasteiger partial charge in [-0.05, 0) is 18.1 Å². The summed E-state index contributed by atoms with van der Waals surface area (Å²) in [6.45, 7) is 9.82. The summed E-state index contributed by atoms with van der Waals surface area (Å²) >= 11 is 0. The number of rotatable bonds is 7. The highest BCUT2D eigenvalue weighted by atomic mass is 16.2. The third-order valence-corrected chi connectivity index (χ3v) is 5.29. The van der Waals surface area contributed by atoms with Crippen LogP contribution in [-0.2, 0) is 4.79 Å². The minimum absolute atomic E-state index is 0.0750. The van der Waals surface area contributed by atoms with Crippen LogP contribution < -0.4 is 5.32 Å². The van der Waals surface area contributed by atoms with Crippen LogP contribution >= 0.6 is 0 Å². The van der Waals surface area contributed by atoms with Gasteiger partial charge in [-0.1, -0.05) is 66.7 Å². The van der Waals surface area contributed by atoms with E-state index in [2.05, 4.69) is 82.4 Å². The Labute approximate surface area is 162 Å². The predicted octanol–water partition coefficient (Wildman–Crippen LogP) is 3.08. The third kappa shape index (κ3) is 4.85. The molecule has 1 atom stereocenters. The fraction of sp³-hybridized carbons (Fsp3) is 0.348. The molecule has 0 unspecified atom stereocenters. The van der Waals surface area contributed by atoms with Crippen LogP contribution in [0.2, 0.25) is 0 Å². The van der Waals surface area contributed by atoms with Gasteiger partial charge in [-0.2, -0.15) is 0 Å². The van der Waals surface area contributed by atoms with E-state index < -0.39 is 0 Å². The molecular formula is C23H29N3O. The average Bonchev–Trinajstić information content (AvgIpc) is 2.74. The molecule has 1 N–H and O–H groups in total. The first-order valence-electron chi connectivity index (χ1n) is 9.67. The van der Waals surface area contributed by atoms with Gasteiger partial charge in [-0.3, -0.25) is 14.6 Å². The largest absolute Gasteiger partial charge is 0.351 e. The molecule has 1 aliphatic rings. The van der Waals surface area contributed by atoms with Crippen molar-refractivity contribution >= 4 is 5.91 Å².